The highest BCUT2D eigenvalue weighted by Crippen LogP contribution is 2.23. The zero-order valence-corrected chi connectivity index (χ0v) is 14.5. The molecule has 0 aliphatic heterocycles. The Labute approximate surface area is 151 Å². The third kappa shape index (κ3) is 3.45. The summed E-state index contributed by atoms with van der Waals surface area (Å²) in [4.78, 5) is 3.32. The van der Waals surface area contributed by atoms with Crippen LogP contribution >= 0.6 is 11.6 Å². The second-order valence-corrected chi connectivity index (χ2v) is 6.50. The lowest BCUT2D eigenvalue weighted by molar-refractivity contribution is 0.689. The molecule has 25 heavy (non-hydrogen) atoms. The second-order valence-electron chi connectivity index (χ2n) is 6.06. The van der Waals surface area contributed by atoms with Crippen LogP contribution in [0.25, 0.3) is 22.2 Å². The smallest absolute Gasteiger partial charge is 0.0695 e. The summed E-state index contributed by atoms with van der Waals surface area (Å²) in [6.07, 6.45) is 4.96. The molecular formula is C20H19ClN4. The summed E-state index contributed by atoms with van der Waals surface area (Å²) in [5, 5.41) is 12.8. The molecule has 0 radical (unpaired) electrons. The number of H-pyrrole nitrogens is 2. The van der Waals surface area contributed by atoms with E-state index in [-0.39, 0.29) is 0 Å². The van der Waals surface area contributed by atoms with E-state index >= 15 is 0 Å². The highest BCUT2D eigenvalue weighted by molar-refractivity contribution is 6.30. The van der Waals surface area contributed by atoms with E-state index in [1.54, 1.807) is 0 Å². The predicted molar refractivity (Wildman–Crippen MR) is 103 cm³/mol. The number of fused-ring (bicyclic) bond motifs is 1. The minimum atomic E-state index is 0.738. The van der Waals surface area contributed by atoms with E-state index < -0.39 is 0 Å². The number of benzene rings is 2. The van der Waals surface area contributed by atoms with Crippen molar-refractivity contribution in [2.45, 2.75) is 13.0 Å². The van der Waals surface area contributed by atoms with E-state index in [0.717, 1.165) is 41.4 Å². The fourth-order valence-electron chi connectivity index (χ4n) is 3.10. The molecule has 0 saturated carbocycles. The first-order valence-electron chi connectivity index (χ1n) is 8.35. The van der Waals surface area contributed by atoms with Crippen LogP contribution in [0.3, 0.4) is 0 Å². The van der Waals surface area contributed by atoms with Crippen LogP contribution in [0.5, 0.6) is 0 Å². The van der Waals surface area contributed by atoms with Crippen LogP contribution in [-0.2, 0) is 13.0 Å². The van der Waals surface area contributed by atoms with Crippen molar-refractivity contribution >= 4 is 22.5 Å². The standard InChI is InChI=1S/C20H19ClN4/c21-17-7-5-14(6-8-17)20-16(13-24-25-20)11-22-10-9-15-12-23-19-4-2-1-3-18(15)19/h1-8,12-13,22-23H,9-11H2,(H,24,25). The molecule has 0 bridgehead atoms. The summed E-state index contributed by atoms with van der Waals surface area (Å²) in [6.45, 7) is 1.68. The zero-order chi connectivity index (χ0) is 17.1. The van der Waals surface area contributed by atoms with Gasteiger partial charge >= 0.3 is 0 Å². The topological polar surface area (TPSA) is 56.5 Å². The molecule has 4 nitrogen and oxygen atoms in total. The molecule has 4 rings (SSSR count). The van der Waals surface area contributed by atoms with Gasteiger partial charge in [-0.3, -0.25) is 5.10 Å². The largest absolute Gasteiger partial charge is 0.361 e. The first-order valence-corrected chi connectivity index (χ1v) is 8.73. The molecule has 0 unspecified atom stereocenters. The van der Waals surface area contributed by atoms with Gasteiger partial charge < -0.3 is 10.3 Å². The third-order valence-corrected chi connectivity index (χ3v) is 4.66. The van der Waals surface area contributed by atoms with Crippen molar-refractivity contribution in [2.24, 2.45) is 0 Å². The lowest BCUT2D eigenvalue weighted by atomic mass is 10.1. The Kier molecular flexibility index (Phi) is 4.55. The molecule has 0 fully saturated rings. The molecule has 2 heterocycles. The number of rotatable bonds is 6. The fraction of sp³-hybridized carbons (Fsp3) is 0.150. The molecule has 0 saturated heterocycles. The van der Waals surface area contributed by atoms with Gasteiger partial charge in [-0.2, -0.15) is 5.10 Å². The fourth-order valence-corrected chi connectivity index (χ4v) is 3.22. The van der Waals surface area contributed by atoms with Crippen LogP contribution in [-0.4, -0.2) is 21.7 Å². The first-order chi connectivity index (χ1) is 12.3. The Balaban J connectivity index is 1.38. The minimum absolute atomic E-state index is 0.738. The van der Waals surface area contributed by atoms with Gasteiger partial charge in [0.25, 0.3) is 0 Å². The number of halogens is 1. The Hall–Kier alpha value is -2.56. The van der Waals surface area contributed by atoms with Gasteiger partial charge in [0.2, 0.25) is 0 Å². The normalized spacial score (nSPS) is 11.2. The number of aromatic nitrogens is 3. The van der Waals surface area contributed by atoms with E-state index in [9.17, 15) is 0 Å². The molecular weight excluding hydrogens is 332 g/mol. The van der Waals surface area contributed by atoms with Crippen molar-refractivity contribution in [3.8, 4) is 11.3 Å². The van der Waals surface area contributed by atoms with Crippen molar-refractivity contribution in [1.82, 2.24) is 20.5 Å². The molecule has 2 aromatic heterocycles. The van der Waals surface area contributed by atoms with E-state index in [4.69, 9.17) is 11.6 Å². The molecule has 0 amide bonds. The molecule has 0 aliphatic carbocycles. The van der Waals surface area contributed by atoms with Crippen LogP contribution in [0.2, 0.25) is 5.02 Å². The highest BCUT2D eigenvalue weighted by Gasteiger charge is 2.08. The van der Waals surface area contributed by atoms with Gasteiger partial charge in [0.05, 0.1) is 11.9 Å². The SMILES string of the molecule is Clc1ccc(-c2[nH]ncc2CNCCc2c[nH]c3ccccc23)cc1. The average Bonchev–Trinajstić information content (AvgIpc) is 3.26. The van der Waals surface area contributed by atoms with E-state index in [1.165, 1.54) is 16.5 Å². The van der Waals surface area contributed by atoms with Gasteiger partial charge in [0, 0.05) is 34.2 Å². The van der Waals surface area contributed by atoms with E-state index in [1.807, 2.05) is 30.5 Å². The van der Waals surface area contributed by atoms with Gasteiger partial charge in [-0.25, -0.2) is 0 Å². The minimum Gasteiger partial charge on any atom is -0.361 e. The molecule has 0 atom stereocenters. The Morgan fingerprint density at radius 1 is 1.00 bits per heavy atom. The number of nitrogens with one attached hydrogen (secondary N) is 3. The number of para-hydroxylation sites is 1. The summed E-state index contributed by atoms with van der Waals surface area (Å²) in [5.41, 5.74) is 5.82. The molecule has 5 heteroatoms. The predicted octanol–water partition coefficient (Wildman–Crippen LogP) is 4.54. The number of aromatic amines is 2. The summed E-state index contributed by atoms with van der Waals surface area (Å²) in [5.74, 6) is 0. The molecule has 2 aromatic carbocycles. The summed E-state index contributed by atoms with van der Waals surface area (Å²) >= 11 is 5.96. The first kappa shape index (κ1) is 15.9. The molecule has 0 spiro atoms. The summed E-state index contributed by atoms with van der Waals surface area (Å²) < 4.78 is 0. The van der Waals surface area contributed by atoms with Gasteiger partial charge in [-0.05, 0) is 42.3 Å². The maximum Gasteiger partial charge on any atom is 0.0695 e. The van der Waals surface area contributed by atoms with Crippen LogP contribution in [0.15, 0.2) is 60.9 Å². The van der Waals surface area contributed by atoms with E-state index in [2.05, 4.69) is 51.0 Å². The lowest BCUT2D eigenvalue weighted by Gasteiger charge is -2.06. The van der Waals surface area contributed by atoms with E-state index in [0.29, 0.717) is 0 Å². The van der Waals surface area contributed by atoms with Crippen LogP contribution in [0.4, 0.5) is 0 Å². The van der Waals surface area contributed by atoms with Crippen molar-refractivity contribution < 1.29 is 0 Å². The number of nitrogens with zero attached hydrogens (tertiary/aromatic N) is 1. The third-order valence-electron chi connectivity index (χ3n) is 4.41. The van der Waals surface area contributed by atoms with Gasteiger partial charge in [0.1, 0.15) is 0 Å². The lowest BCUT2D eigenvalue weighted by Crippen LogP contribution is -2.16. The zero-order valence-electron chi connectivity index (χ0n) is 13.7. The Morgan fingerprint density at radius 2 is 1.84 bits per heavy atom. The maximum atomic E-state index is 5.96. The molecule has 3 N–H and O–H groups in total. The second kappa shape index (κ2) is 7.13. The van der Waals surface area contributed by atoms with Gasteiger partial charge in [0.15, 0.2) is 0 Å². The van der Waals surface area contributed by atoms with Crippen molar-refractivity contribution in [3.05, 3.63) is 77.1 Å². The van der Waals surface area contributed by atoms with Crippen molar-refractivity contribution in [1.29, 1.82) is 0 Å². The van der Waals surface area contributed by atoms with Crippen molar-refractivity contribution in [3.63, 3.8) is 0 Å². The molecule has 4 aromatic rings. The average molecular weight is 351 g/mol. The highest BCUT2D eigenvalue weighted by atomic mass is 35.5. The van der Waals surface area contributed by atoms with Crippen LogP contribution < -0.4 is 5.32 Å². The van der Waals surface area contributed by atoms with Gasteiger partial charge in [-0.15, -0.1) is 0 Å². The summed E-state index contributed by atoms with van der Waals surface area (Å²) in [6, 6.07) is 16.2. The quantitative estimate of drug-likeness (QED) is 0.447. The van der Waals surface area contributed by atoms with Crippen LogP contribution in [0, 0.1) is 0 Å². The van der Waals surface area contributed by atoms with Crippen LogP contribution in [0.1, 0.15) is 11.1 Å². The maximum absolute atomic E-state index is 5.96. The Bertz CT molecular complexity index is 969. The molecule has 0 aliphatic rings. The molecule has 126 valence electrons. The van der Waals surface area contributed by atoms with Gasteiger partial charge in [-0.1, -0.05) is 41.9 Å². The number of hydrogen-bond donors (Lipinski definition) is 3. The summed E-state index contributed by atoms with van der Waals surface area (Å²) in [7, 11) is 0. The van der Waals surface area contributed by atoms with Crippen molar-refractivity contribution in [2.75, 3.05) is 6.54 Å². The Morgan fingerprint density at radius 3 is 2.72 bits per heavy atom. The monoisotopic (exact) mass is 350 g/mol. The number of hydrogen-bond acceptors (Lipinski definition) is 2.